The number of hydrogen-bond donors (Lipinski definition) is 1. The highest BCUT2D eigenvalue weighted by molar-refractivity contribution is 6.29. The second-order valence-corrected chi connectivity index (χ2v) is 4.64. The van der Waals surface area contributed by atoms with Gasteiger partial charge in [0.15, 0.2) is 6.61 Å². The van der Waals surface area contributed by atoms with Gasteiger partial charge in [-0.3, -0.25) is 4.79 Å². The van der Waals surface area contributed by atoms with Gasteiger partial charge < -0.3 is 14.8 Å². The van der Waals surface area contributed by atoms with Gasteiger partial charge in [0.25, 0.3) is 5.91 Å². The normalized spacial score (nSPS) is 12.9. The van der Waals surface area contributed by atoms with Crippen molar-refractivity contribution in [2.24, 2.45) is 0 Å². The van der Waals surface area contributed by atoms with Crippen LogP contribution in [0.5, 0.6) is 11.5 Å². The molecule has 0 spiro atoms. The van der Waals surface area contributed by atoms with Crippen LogP contribution in [-0.2, 0) is 4.79 Å². The summed E-state index contributed by atoms with van der Waals surface area (Å²) in [6, 6.07) is 7.63. The molecule has 0 fully saturated rings. The molecule has 0 saturated heterocycles. The number of rotatable bonds is 2. The van der Waals surface area contributed by atoms with E-state index in [-0.39, 0.29) is 29.0 Å². The van der Waals surface area contributed by atoms with E-state index in [4.69, 9.17) is 21.1 Å². The number of hydrogen-bond acceptors (Lipinski definition) is 5. The summed E-state index contributed by atoms with van der Waals surface area (Å²) in [4.78, 5) is 27.0. The average Bonchev–Trinajstić information content (AvgIpc) is 2.46. The minimum absolute atomic E-state index is 0.0261. The third-order valence-electron chi connectivity index (χ3n) is 2.76. The third-order valence-corrected chi connectivity index (χ3v) is 2.96. The van der Waals surface area contributed by atoms with Crippen molar-refractivity contribution in [2.45, 2.75) is 0 Å². The zero-order chi connectivity index (χ0) is 14.8. The van der Waals surface area contributed by atoms with E-state index in [2.05, 4.69) is 10.3 Å². The van der Waals surface area contributed by atoms with Crippen LogP contribution < -0.4 is 14.8 Å². The Bertz CT molecular complexity index is 733. The van der Waals surface area contributed by atoms with E-state index < -0.39 is 5.97 Å². The third kappa shape index (κ3) is 2.95. The lowest BCUT2D eigenvalue weighted by molar-refractivity contribution is -0.118. The zero-order valence-corrected chi connectivity index (χ0v) is 11.4. The Morgan fingerprint density at radius 3 is 3.00 bits per heavy atom. The first-order chi connectivity index (χ1) is 10.1. The lowest BCUT2D eigenvalue weighted by Crippen LogP contribution is -2.25. The summed E-state index contributed by atoms with van der Waals surface area (Å²) in [7, 11) is 0. The number of esters is 1. The maximum Gasteiger partial charge on any atom is 0.343 e. The molecule has 21 heavy (non-hydrogen) atoms. The topological polar surface area (TPSA) is 77.5 Å². The van der Waals surface area contributed by atoms with E-state index in [0.29, 0.717) is 11.4 Å². The molecule has 1 aromatic heterocycles. The Morgan fingerprint density at radius 1 is 1.33 bits per heavy atom. The van der Waals surface area contributed by atoms with Gasteiger partial charge in [-0.05, 0) is 24.3 Å². The Labute approximate surface area is 124 Å². The summed E-state index contributed by atoms with van der Waals surface area (Å²) >= 11 is 5.72. The number of nitrogens with one attached hydrogen (secondary N) is 1. The van der Waals surface area contributed by atoms with Gasteiger partial charge in [0.05, 0.1) is 11.3 Å². The number of halogens is 1. The summed E-state index contributed by atoms with van der Waals surface area (Å²) < 4.78 is 10.4. The summed E-state index contributed by atoms with van der Waals surface area (Å²) in [6.07, 6.45) is 1.42. The van der Waals surface area contributed by atoms with Crippen molar-refractivity contribution in [3.05, 3.63) is 47.2 Å². The lowest BCUT2D eigenvalue weighted by atomic mass is 10.2. The van der Waals surface area contributed by atoms with Crippen LogP contribution in [0.15, 0.2) is 36.5 Å². The van der Waals surface area contributed by atoms with E-state index in [9.17, 15) is 9.59 Å². The fourth-order valence-corrected chi connectivity index (χ4v) is 2.00. The molecule has 3 rings (SSSR count). The fourth-order valence-electron chi connectivity index (χ4n) is 1.82. The predicted molar refractivity (Wildman–Crippen MR) is 74.8 cm³/mol. The molecular formula is C14H9ClN2O4. The van der Waals surface area contributed by atoms with Gasteiger partial charge in [0.2, 0.25) is 0 Å². The van der Waals surface area contributed by atoms with Crippen molar-refractivity contribution >= 4 is 29.2 Å². The lowest BCUT2D eigenvalue weighted by Gasteiger charge is -2.18. The predicted octanol–water partition coefficient (Wildman–Crippen LogP) is 2.29. The second kappa shape index (κ2) is 5.41. The molecule has 0 atom stereocenters. The van der Waals surface area contributed by atoms with Crippen LogP contribution in [0, 0.1) is 0 Å². The molecule has 2 heterocycles. The molecule has 1 amide bonds. The van der Waals surface area contributed by atoms with E-state index in [1.165, 1.54) is 24.4 Å². The fraction of sp³-hybridized carbons (Fsp3) is 0.0714. The second-order valence-electron chi connectivity index (χ2n) is 4.25. The molecule has 0 bridgehead atoms. The number of aromatic nitrogens is 1. The number of nitrogens with zero attached hydrogens (tertiary/aromatic N) is 1. The Kier molecular flexibility index (Phi) is 3.45. The van der Waals surface area contributed by atoms with Gasteiger partial charge in [-0.15, -0.1) is 0 Å². The maximum absolute atomic E-state index is 12.0. The standard InChI is InChI=1S/C14H9ClN2O4/c15-12-5-8(3-4-16-12)14(19)21-9-1-2-11-10(6-9)17-13(18)7-20-11/h1-6H,7H2,(H,17,18). The molecule has 1 N–H and O–H groups in total. The number of carbonyl (C=O) groups excluding carboxylic acids is 2. The highest BCUT2D eigenvalue weighted by Crippen LogP contribution is 2.31. The van der Waals surface area contributed by atoms with Crippen LogP contribution in [0.3, 0.4) is 0 Å². The van der Waals surface area contributed by atoms with Crippen LogP contribution in [0.25, 0.3) is 0 Å². The van der Waals surface area contributed by atoms with Crippen molar-refractivity contribution in [2.75, 3.05) is 11.9 Å². The molecule has 7 heteroatoms. The van der Waals surface area contributed by atoms with Crippen LogP contribution in [0.4, 0.5) is 5.69 Å². The summed E-state index contributed by atoms with van der Waals surface area (Å²) in [5.41, 5.74) is 0.748. The van der Waals surface area contributed by atoms with Crippen molar-refractivity contribution in [1.82, 2.24) is 4.98 Å². The molecule has 0 aliphatic carbocycles. The minimum atomic E-state index is -0.567. The molecule has 1 aliphatic rings. The average molecular weight is 305 g/mol. The number of carbonyl (C=O) groups is 2. The Balaban J connectivity index is 1.80. The Hall–Kier alpha value is -2.60. The number of pyridine rings is 1. The molecule has 0 unspecified atom stereocenters. The van der Waals surface area contributed by atoms with E-state index >= 15 is 0 Å². The van der Waals surface area contributed by atoms with E-state index in [0.717, 1.165) is 0 Å². The minimum Gasteiger partial charge on any atom is -0.482 e. The van der Waals surface area contributed by atoms with Gasteiger partial charge in [-0.2, -0.15) is 0 Å². The molecule has 1 aliphatic heterocycles. The molecular weight excluding hydrogens is 296 g/mol. The van der Waals surface area contributed by atoms with Crippen LogP contribution in [0.1, 0.15) is 10.4 Å². The molecule has 1 aromatic carbocycles. The number of fused-ring (bicyclic) bond motifs is 1. The largest absolute Gasteiger partial charge is 0.482 e. The first-order valence-corrected chi connectivity index (χ1v) is 6.40. The SMILES string of the molecule is O=C1COc2ccc(OC(=O)c3ccnc(Cl)c3)cc2N1. The van der Waals surface area contributed by atoms with E-state index in [1.54, 1.807) is 12.1 Å². The van der Waals surface area contributed by atoms with Crippen molar-refractivity contribution in [3.63, 3.8) is 0 Å². The summed E-state index contributed by atoms with van der Waals surface area (Å²) in [6.45, 7) is -0.0261. The van der Waals surface area contributed by atoms with Gasteiger partial charge in [-0.25, -0.2) is 9.78 Å². The molecule has 106 valence electrons. The number of amides is 1. The van der Waals surface area contributed by atoms with Crippen LogP contribution in [-0.4, -0.2) is 23.5 Å². The van der Waals surface area contributed by atoms with Crippen LogP contribution in [0.2, 0.25) is 5.15 Å². The summed E-state index contributed by atoms with van der Waals surface area (Å²) in [5.74, 6) is -0.00645. The van der Waals surface area contributed by atoms with Crippen molar-refractivity contribution < 1.29 is 19.1 Å². The quantitative estimate of drug-likeness (QED) is 0.523. The van der Waals surface area contributed by atoms with E-state index in [1.807, 2.05) is 0 Å². The maximum atomic E-state index is 12.0. The van der Waals surface area contributed by atoms with Crippen LogP contribution >= 0.6 is 11.6 Å². The Morgan fingerprint density at radius 2 is 2.19 bits per heavy atom. The molecule has 6 nitrogen and oxygen atoms in total. The zero-order valence-electron chi connectivity index (χ0n) is 10.6. The first-order valence-electron chi connectivity index (χ1n) is 6.02. The van der Waals surface area contributed by atoms with Gasteiger partial charge in [-0.1, -0.05) is 11.6 Å². The number of benzene rings is 1. The smallest absolute Gasteiger partial charge is 0.343 e. The highest BCUT2D eigenvalue weighted by atomic mass is 35.5. The highest BCUT2D eigenvalue weighted by Gasteiger charge is 2.17. The van der Waals surface area contributed by atoms with Gasteiger partial charge in [0.1, 0.15) is 16.7 Å². The molecule has 0 saturated carbocycles. The molecule has 2 aromatic rings. The first kappa shape index (κ1) is 13.4. The summed E-state index contributed by atoms with van der Waals surface area (Å²) in [5, 5.41) is 2.84. The monoisotopic (exact) mass is 304 g/mol. The van der Waals surface area contributed by atoms with Crippen molar-refractivity contribution in [3.8, 4) is 11.5 Å². The number of ether oxygens (including phenoxy) is 2. The van der Waals surface area contributed by atoms with Crippen molar-refractivity contribution in [1.29, 1.82) is 0 Å². The van der Waals surface area contributed by atoms with Gasteiger partial charge in [0, 0.05) is 12.3 Å². The number of anilines is 1. The van der Waals surface area contributed by atoms with Gasteiger partial charge >= 0.3 is 5.97 Å². The molecule has 0 radical (unpaired) electrons.